The van der Waals surface area contributed by atoms with Crippen molar-refractivity contribution < 1.29 is 0 Å². The van der Waals surface area contributed by atoms with Gasteiger partial charge in [-0.25, -0.2) is 4.68 Å². The molecular formula is C17H24N4. The van der Waals surface area contributed by atoms with Crippen LogP contribution in [0.15, 0.2) is 18.2 Å². The van der Waals surface area contributed by atoms with Gasteiger partial charge >= 0.3 is 0 Å². The SMILES string of the molecule is Cc1ccc(C)c(-n2nnc(CN)c2C2CCCCC2)c1. The smallest absolute Gasteiger partial charge is 0.100 e. The minimum Gasteiger partial charge on any atom is -0.325 e. The van der Waals surface area contributed by atoms with Gasteiger partial charge in [-0.15, -0.1) is 5.10 Å². The van der Waals surface area contributed by atoms with Gasteiger partial charge in [-0.1, -0.05) is 36.6 Å². The van der Waals surface area contributed by atoms with Crippen molar-refractivity contribution in [2.75, 3.05) is 0 Å². The Kier molecular flexibility index (Phi) is 4.06. The fourth-order valence-corrected chi connectivity index (χ4v) is 3.38. The first-order valence-electron chi connectivity index (χ1n) is 7.93. The number of nitrogens with zero attached hydrogens (tertiary/aromatic N) is 3. The molecular weight excluding hydrogens is 260 g/mol. The first-order valence-corrected chi connectivity index (χ1v) is 7.93. The highest BCUT2D eigenvalue weighted by molar-refractivity contribution is 5.44. The fourth-order valence-electron chi connectivity index (χ4n) is 3.38. The van der Waals surface area contributed by atoms with Crippen LogP contribution in [-0.4, -0.2) is 15.0 Å². The third-order valence-electron chi connectivity index (χ3n) is 4.56. The predicted octanol–water partition coefficient (Wildman–Crippen LogP) is 3.39. The largest absolute Gasteiger partial charge is 0.325 e. The van der Waals surface area contributed by atoms with Gasteiger partial charge in [0.15, 0.2) is 0 Å². The van der Waals surface area contributed by atoms with Gasteiger partial charge < -0.3 is 5.73 Å². The zero-order valence-electron chi connectivity index (χ0n) is 13.0. The normalized spacial score (nSPS) is 16.3. The van der Waals surface area contributed by atoms with Crippen LogP contribution in [0.25, 0.3) is 5.69 Å². The maximum absolute atomic E-state index is 5.90. The van der Waals surface area contributed by atoms with Gasteiger partial charge in [-0.2, -0.15) is 0 Å². The molecule has 2 N–H and O–H groups in total. The summed E-state index contributed by atoms with van der Waals surface area (Å²) in [5.74, 6) is 0.548. The van der Waals surface area contributed by atoms with Crippen LogP contribution in [0.2, 0.25) is 0 Å². The van der Waals surface area contributed by atoms with E-state index in [0.717, 1.165) is 11.4 Å². The molecule has 1 aliphatic rings. The minimum atomic E-state index is 0.469. The Labute approximate surface area is 126 Å². The van der Waals surface area contributed by atoms with Crippen molar-refractivity contribution in [2.24, 2.45) is 5.73 Å². The van der Waals surface area contributed by atoms with E-state index in [4.69, 9.17) is 5.73 Å². The second-order valence-electron chi connectivity index (χ2n) is 6.16. The minimum absolute atomic E-state index is 0.469. The Morgan fingerprint density at radius 3 is 2.67 bits per heavy atom. The maximum Gasteiger partial charge on any atom is 0.100 e. The van der Waals surface area contributed by atoms with Crippen molar-refractivity contribution in [2.45, 2.75) is 58.4 Å². The fraction of sp³-hybridized carbons (Fsp3) is 0.529. The van der Waals surface area contributed by atoms with E-state index >= 15 is 0 Å². The predicted molar refractivity (Wildman–Crippen MR) is 84.6 cm³/mol. The van der Waals surface area contributed by atoms with E-state index in [-0.39, 0.29) is 0 Å². The van der Waals surface area contributed by atoms with Gasteiger partial charge in [0.05, 0.1) is 11.4 Å². The van der Waals surface area contributed by atoms with E-state index < -0.39 is 0 Å². The monoisotopic (exact) mass is 284 g/mol. The lowest BCUT2D eigenvalue weighted by atomic mass is 9.86. The van der Waals surface area contributed by atoms with Crippen LogP contribution < -0.4 is 5.73 Å². The quantitative estimate of drug-likeness (QED) is 0.940. The van der Waals surface area contributed by atoms with Gasteiger partial charge in [-0.3, -0.25) is 0 Å². The molecule has 1 heterocycles. The summed E-state index contributed by atoms with van der Waals surface area (Å²) in [4.78, 5) is 0. The summed E-state index contributed by atoms with van der Waals surface area (Å²) in [6, 6.07) is 6.48. The molecule has 0 amide bonds. The molecule has 4 nitrogen and oxygen atoms in total. The van der Waals surface area contributed by atoms with E-state index in [2.05, 4.69) is 42.4 Å². The second kappa shape index (κ2) is 5.98. The third kappa shape index (κ3) is 2.72. The topological polar surface area (TPSA) is 56.7 Å². The molecule has 0 aliphatic heterocycles. The number of benzene rings is 1. The van der Waals surface area contributed by atoms with Crippen LogP contribution in [0.3, 0.4) is 0 Å². The van der Waals surface area contributed by atoms with E-state index in [9.17, 15) is 0 Å². The molecule has 1 saturated carbocycles. The van der Waals surface area contributed by atoms with Crippen molar-refractivity contribution in [3.05, 3.63) is 40.7 Å². The summed E-state index contributed by atoms with van der Waals surface area (Å²) < 4.78 is 2.04. The number of hydrogen-bond donors (Lipinski definition) is 1. The first kappa shape index (κ1) is 14.3. The molecule has 0 unspecified atom stereocenters. The number of rotatable bonds is 3. The van der Waals surface area contributed by atoms with Gasteiger partial charge in [0.25, 0.3) is 0 Å². The lowest BCUT2D eigenvalue weighted by molar-refractivity contribution is 0.427. The summed E-state index contributed by atoms with van der Waals surface area (Å²) in [5.41, 5.74) is 11.7. The van der Waals surface area contributed by atoms with Crippen molar-refractivity contribution in [3.8, 4) is 5.69 Å². The Balaban J connectivity index is 2.10. The van der Waals surface area contributed by atoms with Crippen LogP contribution in [0.4, 0.5) is 0 Å². The average molecular weight is 284 g/mol. The van der Waals surface area contributed by atoms with Gasteiger partial charge in [0, 0.05) is 12.5 Å². The summed E-state index contributed by atoms with van der Waals surface area (Å²) >= 11 is 0. The highest BCUT2D eigenvalue weighted by Gasteiger charge is 2.25. The van der Waals surface area contributed by atoms with E-state index in [1.165, 1.54) is 48.9 Å². The molecule has 1 aromatic carbocycles. The second-order valence-corrected chi connectivity index (χ2v) is 6.16. The number of aryl methyl sites for hydroxylation is 2. The van der Waals surface area contributed by atoms with Crippen molar-refractivity contribution >= 4 is 0 Å². The van der Waals surface area contributed by atoms with Gasteiger partial charge in [0.1, 0.15) is 5.69 Å². The molecule has 2 aromatic rings. The highest BCUT2D eigenvalue weighted by Crippen LogP contribution is 2.35. The third-order valence-corrected chi connectivity index (χ3v) is 4.56. The van der Waals surface area contributed by atoms with Gasteiger partial charge in [0.2, 0.25) is 0 Å². The molecule has 112 valence electrons. The van der Waals surface area contributed by atoms with E-state index in [1.807, 2.05) is 4.68 Å². The molecule has 1 aliphatic carbocycles. The zero-order valence-corrected chi connectivity index (χ0v) is 13.0. The summed E-state index contributed by atoms with van der Waals surface area (Å²) in [5, 5.41) is 8.77. The first-order chi connectivity index (χ1) is 10.2. The van der Waals surface area contributed by atoms with Crippen molar-refractivity contribution in [1.29, 1.82) is 0 Å². The van der Waals surface area contributed by atoms with E-state index in [0.29, 0.717) is 12.5 Å². The Morgan fingerprint density at radius 2 is 1.95 bits per heavy atom. The van der Waals surface area contributed by atoms with E-state index in [1.54, 1.807) is 0 Å². The van der Waals surface area contributed by atoms with Crippen molar-refractivity contribution in [1.82, 2.24) is 15.0 Å². The van der Waals surface area contributed by atoms with Crippen LogP contribution in [-0.2, 0) is 6.54 Å². The maximum atomic E-state index is 5.90. The molecule has 0 bridgehead atoms. The molecule has 21 heavy (non-hydrogen) atoms. The summed E-state index contributed by atoms with van der Waals surface area (Å²) in [6.07, 6.45) is 6.40. The molecule has 3 rings (SSSR count). The lowest BCUT2D eigenvalue weighted by Gasteiger charge is -2.23. The van der Waals surface area contributed by atoms with Crippen LogP contribution >= 0.6 is 0 Å². The Bertz CT molecular complexity index is 624. The van der Waals surface area contributed by atoms with Crippen LogP contribution in [0.1, 0.15) is 60.5 Å². The molecule has 0 spiro atoms. The summed E-state index contributed by atoms with van der Waals surface area (Å²) in [7, 11) is 0. The highest BCUT2D eigenvalue weighted by atomic mass is 15.4. The molecule has 1 aromatic heterocycles. The number of aromatic nitrogens is 3. The molecule has 1 fully saturated rings. The van der Waals surface area contributed by atoms with Crippen LogP contribution in [0, 0.1) is 13.8 Å². The Morgan fingerprint density at radius 1 is 1.19 bits per heavy atom. The standard InChI is InChI=1S/C17H24N4/c1-12-8-9-13(2)16(10-12)21-17(15(11-18)19-20-21)14-6-4-3-5-7-14/h8-10,14H,3-7,11,18H2,1-2H3. The van der Waals surface area contributed by atoms with Gasteiger partial charge in [-0.05, 0) is 43.9 Å². The molecule has 0 radical (unpaired) electrons. The zero-order chi connectivity index (χ0) is 14.8. The van der Waals surface area contributed by atoms with Crippen LogP contribution in [0.5, 0.6) is 0 Å². The molecule has 0 saturated heterocycles. The summed E-state index contributed by atoms with van der Waals surface area (Å²) in [6.45, 7) is 4.71. The molecule has 0 atom stereocenters. The number of nitrogens with two attached hydrogens (primary N) is 1. The number of hydrogen-bond acceptors (Lipinski definition) is 3. The van der Waals surface area contributed by atoms with Crippen molar-refractivity contribution in [3.63, 3.8) is 0 Å². The Hall–Kier alpha value is -1.68. The molecule has 4 heteroatoms. The lowest BCUT2D eigenvalue weighted by Crippen LogP contribution is -2.14. The average Bonchev–Trinajstić information content (AvgIpc) is 2.94.